The third-order valence-corrected chi connectivity index (χ3v) is 4.52. The van der Waals surface area contributed by atoms with Crippen LogP contribution >= 0.6 is 11.3 Å². The summed E-state index contributed by atoms with van der Waals surface area (Å²) in [6.07, 6.45) is 1.40. The lowest BCUT2D eigenvalue weighted by Crippen LogP contribution is -2.19. The van der Waals surface area contributed by atoms with Crippen LogP contribution in [0.1, 0.15) is 49.2 Å². The van der Waals surface area contributed by atoms with Crippen molar-refractivity contribution in [1.29, 1.82) is 0 Å². The van der Waals surface area contributed by atoms with Crippen LogP contribution in [0.5, 0.6) is 0 Å². The molecule has 1 unspecified atom stereocenters. The Hall–Kier alpha value is -1.85. The van der Waals surface area contributed by atoms with Crippen molar-refractivity contribution in [2.24, 2.45) is 0 Å². The highest BCUT2D eigenvalue weighted by Gasteiger charge is 2.33. The highest BCUT2D eigenvalue weighted by molar-refractivity contribution is 7.14. The molecular formula is C14H11NO3S. The van der Waals surface area contributed by atoms with Gasteiger partial charge in [-0.05, 0) is 25.1 Å². The van der Waals surface area contributed by atoms with E-state index < -0.39 is 0 Å². The van der Waals surface area contributed by atoms with E-state index in [-0.39, 0.29) is 23.4 Å². The smallest absolute Gasteiger partial charge is 0.222 e. The molecule has 0 aromatic carbocycles. The molecule has 0 aliphatic heterocycles. The summed E-state index contributed by atoms with van der Waals surface area (Å²) in [7, 11) is 1.60. The summed E-state index contributed by atoms with van der Waals surface area (Å²) in [5.74, 6) is -0.312. The SMILES string of the molecule is COC(C)c1cc2c(s1)C(=O)c1ncccc1C2=O. The number of thiophene rings is 1. The summed E-state index contributed by atoms with van der Waals surface area (Å²) >= 11 is 1.31. The Morgan fingerprint density at radius 2 is 2.05 bits per heavy atom. The number of ether oxygens (including phenoxy) is 1. The number of hydrogen-bond donors (Lipinski definition) is 0. The van der Waals surface area contributed by atoms with Gasteiger partial charge in [0.25, 0.3) is 0 Å². The molecular weight excluding hydrogens is 262 g/mol. The zero-order valence-corrected chi connectivity index (χ0v) is 11.3. The van der Waals surface area contributed by atoms with E-state index in [4.69, 9.17) is 4.74 Å². The standard InChI is InChI=1S/C14H11NO3S/c1-7(18-2)10-6-9-12(16)8-4-3-5-15-11(8)13(17)14(9)19-10/h3-7H,1-2H3. The van der Waals surface area contributed by atoms with E-state index in [1.165, 1.54) is 17.5 Å². The topological polar surface area (TPSA) is 56.3 Å². The zero-order valence-electron chi connectivity index (χ0n) is 10.5. The highest BCUT2D eigenvalue weighted by Crippen LogP contribution is 2.35. The van der Waals surface area contributed by atoms with Gasteiger partial charge in [-0.25, -0.2) is 0 Å². The van der Waals surface area contributed by atoms with E-state index in [0.717, 1.165) is 4.88 Å². The fraction of sp³-hybridized carbons (Fsp3) is 0.214. The first kappa shape index (κ1) is 12.2. The Bertz CT molecular complexity index is 637. The van der Waals surface area contributed by atoms with Gasteiger partial charge in [0.2, 0.25) is 5.78 Å². The lowest BCUT2D eigenvalue weighted by Gasteiger charge is -2.11. The number of fused-ring (bicyclic) bond motifs is 2. The van der Waals surface area contributed by atoms with Gasteiger partial charge in [0.1, 0.15) is 5.69 Å². The minimum atomic E-state index is -0.176. The molecule has 1 atom stereocenters. The molecule has 0 bridgehead atoms. The number of carbonyl (C=O) groups excluding carboxylic acids is 2. The van der Waals surface area contributed by atoms with Crippen molar-refractivity contribution in [3.05, 3.63) is 51.0 Å². The average molecular weight is 273 g/mol. The highest BCUT2D eigenvalue weighted by atomic mass is 32.1. The van der Waals surface area contributed by atoms with Gasteiger partial charge in [0.15, 0.2) is 5.78 Å². The van der Waals surface area contributed by atoms with E-state index in [0.29, 0.717) is 16.0 Å². The Morgan fingerprint density at radius 1 is 1.26 bits per heavy atom. The Balaban J connectivity index is 2.18. The third-order valence-electron chi connectivity index (χ3n) is 3.22. The number of rotatable bonds is 2. The van der Waals surface area contributed by atoms with Crippen molar-refractivity contribution in [3.8, 4) is 0 Å². The summed E-state index contributed by atoms with van der Waals surface area (Å²) in [5, 5.41) is 0. The number of carbonyl (C=O) groups is 2. The summed E-state index contributed by atoms with van der Waals surface area (Å²) in [6.45, 7) is 1.89. The van der Waals surface area contributed by atoms with Crippen LogP contribution in [-0.4, -0.2) is 23.7 Å². The molecule has 0 fully saturated rings. The molecule has 1 aliphatic carbocycles. The molecule has 2 aromatic heterocycles. The first-order chi connectivity index (χ1) is 9.13. The Labute approximate surface area is 114 Å². The van der Waals surface area contributed by atoms with Crippen LogP contribution in [0.2, 0.25) is 0 Å². The van der Waals surface area contributed by atoms with Crippen LogP contribution in [0.4, 0.5) is 0 Å². The van der Waals surface area contributed by atoms with Gasteiger partial charge in [0.05, 0.1) is 16.5 Å². The third kappa shape index (κ3) is 1.74. The van der Waals surface area contributed by atoms with Crippen molar-refractivity contribution in [2.45, 2.75) is 13.0 Å². The molecule has 96 valence electrons. The molecule has 3 rings (SSSR count). The lowest BCUT2D eigenvalue weighted by molar-refractivity contribution is 0.0978. The van der Waals surface area contributed by atoms with Gasteiger partial charge >= 0.3 is 0 Å². The largest absolute Gasteiger partial charge is 0.376 e. The summed E-state index contributed by atoms with van der Waals surface area (Å²) < 4.78 is 5.23. The number of pyridine rings is 1. The first-order valence-corrected chi connectivity index (χ1v) is 6.66. The van der Waals surface area contributed by atoms with Crippen LogP contribution in [-0.2, 0) is 4.74 Å². The number of methoxy groups -OCH3 is 1. The molecule has 1 aliphatic rings. The fourth-order valence-corrected chi connectivity index (χ4v) is 3.21. The van der Waals surface area contributed by atoms with E-state index in [2.05, 4.69) is 4.98 Å². The van der Waals surface area contributed by atoms with E-state index in [1.54, 1.807) is 25.3 Å². The van der Waals surface area contributed by atoms with Gasteiger partial charge in [-0.2, -0.15) is 0 Å². The molecule has 0 amide bonds. The van der Waals surface area contributed by atoms with Crippen LogP contribution in [0, 0.1) is 0 Å². The molecule has 5 heteroatoms. The molecule has 2 aromatic rings. The molecule has 0 N–H and O–H groups in total. The monoisotopic (exact) mass is 273 g/mol. The van der Waals surface area contributed by atoms with Gasteiger partial charge in [-0.3, -0.25) is 14.6 Å². The second-order valence-electron chi connectivity index (χ2n) is 4.33. The minimum absolute atomic E-state index is 0.132. The number of hydrogen-bond acceptors (Lipinski definition) is 5. The lowest BCUT2D eigenvalue weighted by atomic mass is 9.92. The normalized spacial score (nSPS) is 15.1. The summed E-state index contributed by atoms with van der Waals surface area (Å²) in [6, 6.07) is 5.06. The predicted molar refractivity (Wildman–Crippen MR) is 70.8 cm³/mol. The average Bonchev–Trinajstić information content (AvgIpc) is 2.89. The first-order valence-electron chi connectivity index (χ1n) is 5.84. The number of ketones is 2. The van der Waals surface area contributed by atoms with Crippen molar-refractivity contribution < 1.29 is 14.3 Å². The van der Waals surface area contributed by atoms with Gasteiger partial charge in [-0.1, -0.05) is 0 Å². The van der Waals surface area contributed by atoms with Gasteiger partial charge in [-0.15, -0.1) is 11.3 Å². The van der Waals surface area contributed by atoms with Crippen molar-refractivity contribution in [3.63, 3.8) is 0 Å². The van der Waals surface area contributed by atoms with Crippen molar-refractivity contribution in [1.82, 2.24) is 4.98 Å². The van der Waals surface area contributed by atoms with E-state index in [1.807, 2.05) is 6.92 Å². The summed E-state index contributed by atoms with van der Waals surface area (Å²) in [5.41, 5.74) is 1.10. The summed E-state index contributed by atoms with van der Waals surface area (Å²) in [4.78, 5) is 30.1. The molecule has 0 spiro atoms. The zero-order chi connectivity index (χ0) is 13.6. The maximum absolute atomic E-state index is 12.4. The number of nitrogens with zero attached hydrogens (tertiary/aromatic N) is 1. The molecule has 0 saturated heterocycles. The molecule has 0 saturated carbocycles. The second kappa shape index (κ2) is 4.36. The minimum Gasteiger partial charge on any atom is -0.376 e. The second-order valence-corrected chi connectivity index (χ2v) is 5.41. The van der Waals surface area contributed by atoms with Crippen LogP contribution in [0.15, 0.2) is 24.4 Å². The quantitative estimate of drug-likeness (QED) is 0.720. The molecule has 2 heterocycles. The van der Waals surface area contributed by atoms with Gasteiger partial charge in [0, 0.05) is 23.7 Å². The van der Waals surface area contributed by atoms with Crippen molar-refractivity contribution in [2.75, 3.05) is 7.11 Å². The molecule has 4 nitrogen and oxygen atoms in total. The van der Waals surface area contributed by atoms with Crippen LogP contribution < -0.4 is 0 Å². The maximum Gasteiger partial charge on any atom is 0.222 e. The van der Waals surface area contributed by atoms with Crippen LogP contribution in [0.3, 0.4) is 0 Å². The van der Waals surface area contributed by atoms with Crippen molar-refractivity contribution >= 4 is 22.9 Å². The number of aromatic nitrogens is 1. The predicted octanol–water partition coefficient (Wildman–Crippen LogP) is 2.63. The Kier molecular flexibility index (Phi) is 2.80. The maximum atomic E-state index is 12.4. The molecule has 0 radical (unpaired) electrons. The van der Waals surface area contributed by atoms with Gasteiger partial charge < -0.3 is 4.74 Å². The van der Waals surface area contributed by atoms with Crippen LogP contribution in [0.25, 0.3) is 0 Å². The van der Waals surface area contributed by atoms with E-state index in [9.17, 15) is 9.59 Å². The molecule has 19 heavy (non-hydrogen) atoms. The Morgan fingerprint density at radius 3 is 2.79 bits per heavy atom. The fourth-order valence-electron chi connectivity index (χ4n) is 2.09. The van der Waals surface area contributed by atoms with E-state index >= 15 is 0 Å².